The summed E-state index contributed by atoms with van der Waals surface area (Å²) in [6.07, 6.45) is 0. The quantitative estimate of drug-likeness (QED) is 0.565. The zero-order chi connectivity index (χ0) is 4.28. The average Bonchev–Trinajstić information content (AvgIpc) is 1.38. The van der Waals surface area contributed by atoms with Gasteiger partial charge in [-0.3, -0.25) is 0 Å². The Morgan fingerprint density at radius 2 is 1.43 bits per heavy atom. The van der Waals surface area contributed by atoms with Crippen molar-refractivity contribution in [2.24, 2.45) is 5.92 Å². The molecule has 0 fully saturated rings. The molecule has 46 valence electrons. The molecule has 0 amide bonds. The van der Waals surface area contributed by atoms with E-state index < -0.39 is 0 Å². The topological polar surface area (TPSA) is 0 Å². The van der Waals surface area contributed by atoms with Gasteiger partial charge in [0.15, 0.2) is 0 Å². The van der Waals surface area contributed by atoms with Gasteiger partial charge in [-0.15, -0.1) is 24.8 Å². The molecule has 3 heteroatoms. The summed E-state index contributed by atoms with van der Waals surface area (Å²) in [4.78, 5) is 1.49. The van der Waals surface area contributed by atoms with Crippen LogP contribution in [0.4, 0.5) is 0 Å². The van der Waals surface area contributed by atoms with Gasteiger partial charge in [-0.1, -0.05) is 0 Å². The maximum atomic E-state index is 2.27. The molecule has 0 saturated carbocycles. The Hall–Kier alpha value is 1.22. The molecular formula is C4H13Cl2Ga. The van der Waals surface area contributed by atoms with Gasteiger partial charge < -0.3 is 0 Å². The Kier molecular flexibility index (Phi) is 23.0. The predicted octanol–water partition coefficient (Wildman–Crippen LogP) is 1.54. The van der Waals surface area contributed by atoms with Gasteiger partial charge in [0.1, 0.15) is 0 Å². The van der Waals surface area contributed by atoms with E-state index in [0.717, 1.165) is 24.5 Å². The first-order valence-electron chi connectivity index (χ1n) is 2.27. The molecule has 0 bridgehead atoms. The smallest absolute Gasteiger partial charge is 0.147 e. The molecule has 0 N–H and O–H groups in total. The van der Waals surface area contributed by atoms with E-state index in [0.29, 0.717) is 0 Å². The number of hydrogen-bond acceptors (Lipinski definition) is 0. The second-order valence-corrected chi connectivity index (χ2v) is 3.52. The number of hydrogen-bond donors (Lipinski definition) is 0. The standard InChI is InChI=1S/C4H9.2ClH.Ga.2H/c1-4(2)3;;;;;/h4H,1H2,2-3H3;2*1H;;;. The Morgan fingerprint density at radius 3 is 1.43 bits per heavy atom. The summed E-state index contributed by atoms with van der Waals surface area (Å²) in [5.74, 6) is 0.968. The van der Waals surface area contributed by atoms with Crippen LogP contribution in [0.25, 0.3) is 0 Å². The van der Waals surface area contributed by atoms with Crippen LogP contribution >= 0.6 is 24.8 Å². The van der Waals surface area contributed by atoms with Crippen LogP contribution in [0.3, 0.4) is 0 Å². The molecule has 0 heterocycles. The minimum absolute atomic E-state index is 0. The molecule has 0 aromatic carbocycles. The monoisotopic (exact) mass is 200 g/mol. The van der Waals surface area contributed by atoms with E-state index in [4.69, 9.17) is 0 Å². The molecule has 0 spiro atoms. The van der Waals surface area contributed by atoms with Gasteiger partial charge in [-0.05, 0) is 0 Å². The number of halogens is 2. The first-order valence-corrected chi connectivity index (χ1v) is 5.24. The minimum Gasteiger partial charge on any atom is -0.147 e. The zero-order valence-corrected chi connectivity index (χ0v) is 10.9. The van der Waals surface area contributed by atoms with E-state index in [2.05, 4.69) is 13.8 Å². The van der Waals surface area contributed by atoms with E-state index in [1.165, 1.54) is 4.98 Å². The summed E-state index contributed by atoms with van der Waals surface area (Å²) in [6.45, 7) is 4.54. The van der Waals surface area contributed by atoms with Crippen LogP contribution < -0.4 is 0 Å². The van der Waals surface area contributed by atoms with Gasteiger partial charge in [-0.25, -0.2) is 0 Å². The second kappa shape index (κ2) is 10.2. The predicted molar refractivity (Wildman–Crippen MR) is 42.7 cm³/mol. The molecule has 0 aromatic rings. The van der Waals surface area contributed by atoms with Crippen LogP contribution in [0.5, 0.6) is 0 Å². The van der Waals surface area contributed by atoms with Crippen molar-refractivity contribution in [1.29, 1.82) is 0 Å². The summed E-state index contributed by atoms with van der Waals surface area (Å²) < 4.78 is 0. The van der Waals surface area contributed by atoms with E-state index in [1.807, 2.05) is 0 Å². The first-order chi connectivity index (χ1) is 2.27. The van der Waals surface area contributed by atoms with Gasteiger partial charge in [-0.2, -0.15) is 0 Å². The van der Waals surface area contributed by atoms with E-state index in [9.17, 15) is 0 Å². The van der Waals surface area contributed by atoms with Crippen LogP contribution in [-0.2, 0) is 0 Å². The van der Waals surface area contributed by atoms with Gasteiger partial charge in [0.25, 0.3) is 0 Å². The summed E-state index contributed by atoms with van der Waals surface area (Å²) in [5, 5.41) is 0. The zero-order valence-electron chi connectivity index (χ0n) is 5.10. The van der Waals surface area contributed by atoms with Crippen molar-refractivity contribution < 1.29 is 0 Å². The Balaban J connectivity index is -0.0000000800. The van der Waals surface area contributed by atoms with Crippen molar-refractivity contribution in [3.63, 3.8) is 0 Å². The van der Waals surface area contributed by atoms with Gasteiger partial charge in [0, 0.05) is 0 Å². The third kappa shape index (κ3) is 19.0. The third-order valence-corrected chi connectivity index (χ3v) is 4.24. The maximum Gasteiger partial charge on any atom is -0.147 e. The van der Waals surface area contributed by atoms with Gasteiger partial charge in [0.2, 0.25) is 0 Å². The fraction of sp³-hybridized carbons (Fsp3) is 1.00. The molecule has 0 aliphatic carbocycles. The number of rotatable bonds is 1. The Bertz CT molecular complexity index is 23.7. The van der Waals surface area contributed by atoms with Crippen LogP contribution in [-0.4, -0.2) is 18.6 Å². The molecule has 0 nitrogen and oxygen atoms in total. The van der Waals surface area contributed by atoms with Crippen molar-refractivity contribution in [2.45, 2.75) is 18.8 Å². The molecule has 0 aliphatic rings. The van der Waals surface area contributed by atoms with Crippen molar-refractivity contribution in [1.82, 2.24) is 0 Å². The van der Waals surface area contributed by atoms with Crippen molar-refractivity contribution in [3.05, 3.63) is 0 Å². The minimum atomic E-state index is 0. The SMILES string of the molecule is CC(C)[CH2][GaH2].Cl.Cl. The van der Waals surface area contributed by atoms with Crippen molar-refractivity contribution >= 4 is 43.4 Å². The van der Waals surface area contributed by atoms with Crippen molar-refractivity contribution in [3.8, 4) is 0 Å². The van der Waals surface area contributed by atoms with Crippen molar-refractivity contribution in [2.75, 3.05) is 0 Å². The molecule has 0 aliphatic heterocycles. The second-order valence-electron chi connectivity index (χ2n) is 1.80. The molecule has 0 atom stereocenters. The molecule has 7 heavy (non-hydrogen) atoms. The molecule has 0 saturated heterocycles. The summed E-state index contributed by atoms with van der Waals surface area (Å²) in [5.41, 5.74) is 0. The van der Waals surface area contributed by atoms with Crippen LogP contribution in [0.15, 0.2) is 0 Å². The maximum absolute atomic E-state index is 2.27. The van der Waals surface area contributed by atoms with E-state index >= 15 is 0 Å². The average molecular weight is 202 g/mol. The summed E-state index contributed by atoms with van der Waals surface area (Å²) >= 11 is 1.08. The third-order valence-electron chi connectivity index (χ3n) is 0.816. The fourth-order valence-electron chi connectivity index (χ4n) is 0. The van der Waals surface area contributed by atoms with Crippen LogP contribution in [0.1, 0.15) is 13.8 Å². The summed E-state index contributed by atoms with van der Waals surface area (Å²) in [6, 6.07) is 0. The Labute approximate surface area is 68.2 Å². The first kappa shape index (κ1) is 15.7. The largest absolute Gasteiger partial charge is 0.147 e. The molecular weight excluding hydrogens is 189 g/mol. The molecule has 0 aromatic heterocycles. The van der Waals surface area contributed by atoms with Crippen LogP contribution in [0, 0.1) is 5.92 Å². The Morgan fingerprint density at radius 1 is 1.29 bits per heavy atom. The normalized spacial score (nSPS) is 6.71. The van der Waals surface area contributed by atoms with E-state index in [1.54, 1.807) is 0 Å². The molecule has 0 radical (unpaired) electrons. The summed E-state index contributed by atoms with van der Waals surface area (Å²) in [7, 11) is 0. The molecule has 0 rings (SSSR count). The van der Waals surface area contributed by atoms with Gasteiger partial charge >= 0.3 is 43.3 Å². The molecule has 0 unspecified atom stereocenters. The van der Waals surface area contributed by atoms with E-state index in [-0.39, 0.29) is 24.8 Å². The van der Waals surface area contributed by atoms with Crippen LogP contribution in [0.2, 0.25) is 4.98 Å². The van der Waals surface area contributed by atoms with Gasteiger partial charge in [0.05, 0.1) is 0 Å². The fourth-order valence-corrected chi connectivity index (χ4v) is 0.